The fourth-order valence-electron chi connectivity index (χ4n) is 2.81. The van der Waals surface area contributed by atoms with Gasteiger partial charge in [0.1, 0.15) is 12.0 Å². The molecule has 0 saturated heterocycles. The molecule has 2 unspecified atom stereocenters. The van der Waals surface area contributed by atoms with Gasteiger partial charge in [-0.25, -0.2) is 0 Å². The lowest BCUT2D eigenvalue weighted by molar-refractivity contribution is -0.137. The maximum atomic E-state index is 12.7. The molecule has 1 aliphatic rings. The van der Waals surface area contributed by atoms with Crippen molar-refractivity contribution in [1.82, 2.24) is 0 Å². The van der Waals surface area contributed by atoms with Crippen molar-refractivity contribution >= 4 is 6.29 Å². The van der Waals surface area contributed by atoms with Gasteiger partial charge in [-0.05, 0) is 49.8 Å². The van der Waals surface area contributed by atoms with E-state index in [9.17, 15) is 18.0 Å². The van der Waals surface area contributed by atoms with E-state index >= 15 is 0 Å². The predicted octanol–water partition coefficient (Wildman–Crippen LogP) is 4.48. The average molecular weight is 300 g/mol. The second-order valence-electron chi connectivity index (χ2n) is 5.69. The van der Waals surface area contributed by atoms with Gasteiger partial charge in [-0.2, -0.15) is 13.2 Å². The number of ether oxygens (including phenoxy) is 1. The number of carbonyl (C=O) groups excluding carboxylic acids is 1. The Labute approximate surface area is 122 Å². The van der Waals surface area contributed by atoms with Crippen molar-refractivity contribution in [3.63, 3.8) is 0 Å². The third-order valence-corrected chi connectivity index (χ3v) is 4.09. The second-order valence-corrected chi connectivity index (χ2v) is 5.69. The topological polar surface area (TPSA) is 26.3 Å². The minimum atomic E-state index is -4.36. The van der Waals surface area contributed by atoms with Crippen molar-refractivity contribution in [2.75, 3.05) is 0 Å². The Hall–Kier alpha value is -1.52. The number of aldehydes is 1. The van der Waals surface area contributed by atoms with Crippen molar-refractivity contribution in [3.05, 3.63) is 29.8 Å². The first-order valence-electron chi connectivity index (χ1n) is 7.19. The Balaban J connectivity index is 2.03. The highest BCUT2D eigenvalue weighted by atomic mass is 19.4. The molecule has 1 aliphatic carbocycles. The summed E-state index contributed by atoms with van der Waals surface area (Å²) in [5.74, 6) is 0.471. The molecule has 0 bridgehead atoms. The minimum Gasteiger partial charge on any atom is -0.490 e. The zero-order chi connectivity index (χ0) is 15.5. The van der Waals surface area contributed by atoms with Crippen LogP contribution in [-0.2, 0) is 11.0 Å². The van der Waals surface area contributed by atoms with Crippen LogP contribution in [0.2, 0.25) is 0 Å². The Morgan fingerprint density at radius 1 is 1.33 bits per heavy atom. The van der Waals surface area contributed by atoms with Crippen LogP contribution in [0.15, 0.2) is 24.3 Å². The van der Waals surface area contributed by atoms with Gasteiger partial charge in [0.2, 0.25) is 0 Å². The van der Waals surface area contributed by atoms with Gasteiger partial charge < -0.3 is 9.53 Å². The van der Waals surface area contributed by atoms with E-state index in [2.05, 4.69) is 0 Å². The van der Waals surface area contributed by atoms with Crippen LogP contribution in [-0.4, -0.2) is 12.4 Å². The van der Waals surface area contributed by atoms with E-state index in [-0.39, 0.29) is 23.7 Å². The first-order chi connectivity index (χ1) is 9.90. The highest BCUT2D eigenvalue weighted by Gasteiger charge is 2.31. The molecule has 0 N–H and O–H groups in total. The van der Waals surface area contributed by atoms with E-state index in [1.165, 1.54) is 6.07 Å². The summed E-state index contributed by atoms with van der Waals surface area (Å²) in [6.07, 6.45) is -0.0872. The fraction of sp³-hybridized carbons (Fsp3) is 0.562. The molecule has 1 fully saturated rings. The molecular weight excluding hydrogens is 281 g/mol. The lowest BCUT2D eigenvalue weighted by Crippen LogP contribution is -2.29. The van der Waals surface area contributed by atoms with E-state index in [1.54, 1.807) is 6.07 Å². The quantitative estimate of drug-likeness (QED) is 0.766. The lowest BCUT2D eigenvalue weighted by Gasteiger charge is -2.31. The number of halogens is 3. The van der Waals surface area contributed by atoms with Crippen molar-refractivity contribution < 1.29 is 22.7 Å². The van der Waals surface area contributed by atoms with Gasteiger partial charge in [0, 0.05) is 5.92 Å². The van der Waals surface area contributed by atoms with Crippen LogP contribution in [0.1, 0.15) is 38.2 Å². The third-order valence-electron chi connectivity index (χ3n) is 4.09. The van der Waals surface area contributed by atoms with Crippen molar-refractivity contribution in [1.29, 1.82) is 0 Å². The van der Waals surface area contributed by atoms with Gasteiger partial charge >= 0.3 is 6.18 Å². The molecule has 0 spiro atoms. The SMILES string of the molecule is CC(C=O)C1CCC[C@H](Oc2cccc(C(F)(F)F)c2)C1. The van der Waals surface area contributed by atoms with Crippen LogP contribution in [0.25, 0.3) is 0 Å². The number of rotatable bonds is 4. The number of hydrogen-bond acceptors (Lipinski definition) is 2. The first kappa shape index (κ1) is 15.9. The smallest absolute Gasteiger partial charge is 0.416 e. The normalized spacial score (nSPS) is 24.4. The fourth-order valence-corrected chi connectivity index (χ4v) is 2.81. The van der Waals surface area contributed by atoms with E-state index in [4.69, 9.17) is 4.74 Å². The number of carbonyl (C=O) groups is 1. The molecule has 0 aliphatic heterocycles. The van der Waals surface area contributed by atoms with Crippen molar-refractivity contribution in [3.8, 4) is 5.75 Å². The molecule has 3 atom stereocenters. The van der Waals surface area contributed by atoms with Crippen LogP contribution < -0.4 is 4.74 Å². The van der Waals surface area contributed by atoms with E-state index in [0.29, 0.717) is 0 Å². The average Bonchev–Trinajstić information content (AvgIpc) is 2.46. The van der Waals surface area contributed by atoms with Gasteiger partial charge in [0.25, 0.3) is 0 Å². The van der Waals surface area contributed by atoms with Crippen LogP contribution in [0, 0.1) is 11.8 Å². The maximum Gasteiger partial charge on any atom is 0.416 e. The molecule has 21 heavy (non-hydrogen) atoms. The molecule has 0 heterocycles. The molecule has 1 aromatic carbocycles. The number of alkyl halides is 3. The van der Waals surface area contributed by atoms with Gasteiger partial charge in [0.05, 0.1) is 11.7 Å². The highest BCUT2D eigenvalue weighted by molar-refractivity contribution is 5.53. The molecule has 2 nitrogen and oxygen atoms in total. The second kappa shape index (κ2) is 6.50. The van der Waals surface area contributed by atoms with E-state index < -0.39 is 11.7 Å². The summed E-state index contributed by atoms with van der Waals surface area (Å²) in [4.78, 5) is 10.9. The van der Waals surface area contributed by atoms with Gasteiger partial charge in [-0.3, -0.25) is 0 Å². The van der Waals surface area contributed by atoms with Crippen molar-refractivity contribution in [2.24, 2.45) is 11.8 Å². The molecule has 0 aromatic heterocycles. The van der Waals surface area contributed by atoms with Gasteiger partial charge in [0.15, 0.2) is 0 Å². The van der Waals surface area contributed by atoms with E-state index in [0.717, 1.165) is 44.1 Å². The molecule has 0 radical (unpaired) electrons. The Morgan fingerprint density at radius 2 is 2.10 bits per heavy atom. The summed E-state index contributed by atoms with van der Waals surface area (Å²) in [6.45, 7) is 1.88. The Bertz CT molecular complexity index is 485. The summed E-state index contributed by atoms with van der Waals surface area (Å²) < 4.78 is 43.7. The Kier molecular flexibility index (Phi) is 4.91. The largest absolute Gasteiger partial charge is 0.490 e. The van der Waals surface area contributed by atoms with Crippen LogP contribution in [0.3, 0.4) is 0 Å². The zero-order valence-corrected chi connectivity index (χ0v) is 11.9. The van der Waals surface area contributed by atoms with Crippen LogP contribution >= 0.6 is 0 Å². The molecule has 1 saturated carbocycles. The summed E-state index contributed by atoms with van der Waals surface area (Å²) in [5.41, 5.74) is -0.700. The standard InChI is InChI=1S/C16H19F3O2/c1-11(10-20)12-4-2-6-14(8-12)21-15-7-3-5-13(9-15)16(17,18)19/h3,5,7,9-12,14H,2,4,6,8H2,1H3/t11?,12?,14-/m0/s1. The molecule has 0 amide bonds. The zero-order valence-electron chi connectivity index (χ0n) is 11.9. The lowest BCUT2D eigenvalue weighted by atomic mass is 9.80. The van der Waals surface area contributed by atoms with Crippen LogP contribution in [0.4, 0.5) is 13.2 Å². The third kappa shape index (κ3) is 4.22. The monoisotopic (exact) mass is 300 g/mol. The summed E-state index contributed by atoms with van der Waals surface area (Å²) >= 11 is 0. The predicted molar refractivity (Wildman–Crippen MR) is 73.0 cm³/mol. The van der Waals surface area contributed by atoms with Gasteiger partial charge in [-0.1, -0.05) is 13.0 Å². The summed E-state index contributed by atoms with van der Waals surface area (Å²) in [5, 5.41) is 0. The maximum absolute atomic E-state index is 12.7. The molecular formula is C16H19F3O2. The summed E-state index contributed by atoms with van der Waals surface area (Å²) in [6, 6.07) is 4.96. The molecule has 5 heteroatoms. The number of benzene rings is 1. The van der Waals surface area contributed by atoms with Crippen molar-refractivity contribution in [2.45, 2.75) is 44.9 Å². The Morgan fingerprint density at radius 3 is 2.76 bits per heavy atom. The highest BCUT2D eigenvalue weighted by Crippen LogP contribution is 2.34. The molecule has 1 aromatic rings. The van der Waals surface area contributed by atoms with Gasteiger partial charge in [-0.15, -0.1) is 0 Å². The first-order valence-corrected chi connectivity index (χ1v) is 7.19. The molecule has 2 rings (SSSR count). The number of hydrogen-bond donors (Lipinski definition) is 0. The summed E-state index contributed by atoms with van der Waals surface area (Å²) in [7, 11) is 0. The molecule has 116 valence electrons. The minimum absolute atomic E-state index is 0.0297. The van der Waals surface area contributed by atoms with Crippen LogP contribution in [0.5, 0.6) is 5.75 Å². The van der Waals surface area contributed by atoms with E-state index in [1.807, 2.05) is 6.92 Å².